The van der Waals surface area contributed by atoms with E-state index in [1.165, 1.54) is 0 Å². The number of nitrogens with zero attached hydrogens (tertiary/aromatic N) is 1. The van der Waals surface area contributed by atoms with Gasteiger partial charge in [-0.3, -0.25) is 4.79 Å². The predicted molar refractivity (Wildman–Crippen MR) is 66.2 cm³/mol. The van der Waals surface area contributed by atoms with E-state index >= 15 is 0 Å². The summed E-state index contributed by atoms with van der Waals surface area (Å²) in [5.41, 5.74) is 0. The number of amides is 3. The van der Waals surface area contributed by atoms with Crippen LogP contribution in [0.3, 0.4) is 0 Å². The molecule has 0 spiro atoms. The highest BCUT2D eigenvalue weighted by molar-refractivity contribution is 5.87. The quantitative estimate of drug-likeness (QED) is 0.747. The first-order valence-electron chi connectivity index (χ1n) is 6.65. The smallest absolute Gasteiger partial charge is 0.318 e. The molecule has 0 aromatic heterocycles. The summed E-state index contributed by atoms with van der Waals surface area (Å²) in [4.78, 5) is 25.6. The van der Waals surface area contributed by atoms with Gasteiger partial charge < -0.3 is 20.3 Å². The van der Waals surface area contributed by atoms with Crippen LogP contribution in [0.2, 0.25) is 0 Å². The van der Waals surface area contributed by atoms with E-state index in [0.717, 1.165) is 19.3 Å². The lowest BCUT2D eigenvalue weighted by Crippen LogP contribution is -2.58. The SMILES string of the molecule is CCCNC(=O)N1CCOCC1C(=O)NC1CC1. The van der Waals surface area contributed by atoms with E-state index in [1.807, 2.05) is 6.92 Å². The summed E-state index contributed by atoms with van der Waals surface area (Å²) in [5, 5.41) is 5.73. The Morgan fingerprint density at radius 2 is 2.17 bits per heavy atom. The number of hydrogen-bond acceptors (Lipinski definition) is 3. The maximum Gasteiger partial charge on any atom is 0.318 e. The van der Waals surface area contributed by atoms with Crippen molar-refractivity contribution in [3.63, 3.8) is 0 Å². The van der Waals surface area contributed by atoms with Gasteiger partial charge in [0.25, 0.3) is 0 Å². The Hall–Kier alpha value is -1.30. The highest BCUT2D eigenvalue weighted by atomic mass is 16.5. The first kappa shape index (κ1) is 13.1. The van der Waals surface area contributed by atoms with E-state index in [0.29, 0.717) is 25.7 Å². The average Bonchev–Trinajstić information content (AvgIpc) is 3.19. The van der Waals surface area contributed by atoms with Gasteiger partial charge in [0, 0.05) is 19.1 Å². The van der Waals surface area contributed by atoms with Gasteiger partial charge >= 0.3 is 6.03 Å². The zero-order valence-corrected chi connectivity index (χ0v) is 10.8. The number of rotatable bonds is 4. The second-order valence-corrected chi connectivity index (χ2v) is 4.80. The van der Waals surface area contributed by atoms with Gasteiger partial charge in [-0.25, -0.2) is 4.79 Å². The fourth-order valence-electron chi connectivity index (χ4n) is 1.92. The van der Waals surface area contributed by atoms with Crippen LogP contribution in [0.4, 0.5) is 4.79 Å². The molecule has 2 rings (SSSR count). The zero-order chi connectivity index (χ0) is 13.0. The van der Waals surface area contributed by atoms with Crippen LogP contribution in [0.15, 0.2) is 0 Å². The monoisotopic (exact) mass is 255 g/mol. The minimum atomic E-state index is -0.490. The van der Waals surface area contributed by atoms with Crippen LogP contribution in [0.1, 0.15) is 26.2 Å². The third kappa shape index (κ3) is 3.35. The van der Waals surface area contributed by atoms with E-state index in [-0.39, 0.29) is 18.5 Å². The number of nitrogens with one attached hydrogen (secondary N) is 2. The number of hydrogen-bond donors (Lipinski definition) is 2. The number of carbonyl (C=O) groups is 2. The van der Waals surface area contributed by atoms with Crippen molar-refractivity contribution in [2.24, 2.45) is 0 Å². The van der Waals surface area contributed by atoms with Crippen molar-refractivity contribution in [3.05, 3.63) is 0 Å². The molecule has 0 aromatic carbocycles. The van der Waals surface area contributed by atoms with Crippen LogP contribution in [0, 0.1) is 0 Å². The number of urea groups is 1. The summed E-state index contributed by atoms with van der Waals surface area (Å²) in [5.74, 6) is -0.0937. The molecular weight excluding hydrogens is 234 g/mol. The molecule has 2 N–H and O–H groups in total. The molecule has 1 saturated heterocycles. The third-order valence-corrected chi connectivity index (χ3v) is 3.14. The molecule has 2 fully saturated rings. The second-order valence-electron chi connectivity index (χ2n) is 4.80. The molecular formula is C12H21N3O3. The molecule has 1 heterocycles. The summed E-state index contributed by atoms with van der Waals surface area (Å²) >= 11 is 0. The van der Waals surface area contributed by atoms with Crippen molar-refractivity contribution in [2.75, 3.05) is 26.3 Å². The van der Waals surface area contributed by atoms with Crippen LogP contribution < -0.4 is 10.6 Å². The average molecular weight is 255 g/mol. The largest absolute Gasteiger partial charge is 0.377 e. The van der Waals surface area contributed by atoms with E-state index < -0.39 is 6.04 Å². The summed E-state index contributed by atoms with van der Waals surface area (Å²) < 4.78 is 5.31. The molecule has 1 aliphatic heterocycles. The number of ether oxygens (including phenoxy) is 1. The van der Waals surface area contributed by atoms with Crippen LogP contribution in [0.5, 0.6) is 0 Å². The van der Waals surface area contributed by atoms with Crippen molar-refractivity contribution in [1.29, 1.82) is 0 Å². The summed E-state index contributed by atoms with van der Waals surface area (Å²) in [6, 6.07) is -0.354. The van der Waals surface area contributed by atoms with Gasteiger partial charge in [0.05, 0.1) is 13.2 Å². The van der Waals surface area contributed by atoms with E-state index in [4.69, 9.17) is 4.74 Å². The molecule has 6 nitrogen and oxygen atoms in total. The molecule has 1 aliphatic carbocycles. The molecule has 0 bridgehead atoms. The van der Waals surface area contributed by atoms with Gasteiger partial charge in [-0.2, -0.15) is 0 Å². The van der Waals surface area contributed by atoms with Crippen molar-refractivity contribution in [3.8, 4) is 0 Å². The van der Waals surface area contributed by atoms with Gasteiger partial charge in [0.1, 0.15) is 6.04 Å². The fourth-order valence-corrected chi connectivity index (χ4v) is 1.92. The van der Waals surface area contributed by atoms with Crippen molar-refractivity contribution in [1.82, 2.24) is 15.5 Å². The topological polar surface area (TPSA) is 70.7 Å². The molecule has 6 heteroatoms. The van der Waals surface area contributed by atoms with Gasteiger partial charge in [-0.05, 0) is 19.3 Å². The summed E-state index contributed by atoms with van der Waals surface area (Å²) in [7, 11) is 0. The van der Waals surface area contributed by atoms with E-state index in [9.17, 15) is 9.59 Å². The first-order valence-corrected chi connectivity index (χ1v) is 6.65. The van der Waals surface area contributed by atoms with Gasteiger partial charge in [0.2, 0.25) is 5.91 Å². The highest BCUT2D eigenvalue weighted by Gasteiger charge is 2.35. The number of morpholine rings is 1. The fraction of sp³-hybridized carbons (Fsp3) is 0.833. The third-order valence-electron chi connectivity index (χ3n) is 3.14. The minimum Gasteiger partial charge on any atom is -0.377 e. The Morgan fingerprint density at radius 3 is 2.83 bits per heavy atom. The van der Waals surface area contributed by atoms with E-state index in [1.54, 1.807) is 4.90 Å². The maximum atomic E-state index is 12.0. The second kappa shape index (κ2) is 6.04. The minimum absolute atomic E-state index is 0.0937. The molecule has 1 atom stereocenters. The predicted octanol–water partition coefficient (Wildman–Crippen LogP) is 0.0854. The Kier molecular flexibility index (Phi) is 4.41. The molecule has 1 unspecified atom stereocenters. The van der Waals surface area contributed by atoms with Crippen molar-refractivity contribution < 1.29 is 14.3 Å². The van der Waals surface area contributed by atoms with Crippen LogP contribution in [0.25, 0.3) is 0 Å². The molecule has 1 saturated carbocycles. The lowest BCUT2D eigenvalue weighted by Gasteiger charge is -2.34. The van der Waals surface area contributed by atoms with Gasteiger partial charge in [-0.1, -0.05) is 6.92 Å². The molecule has 3 amide bonds. The van der Waals surface area contributed by atoms with Crippen molar-refractivity contribution >= 4 is 11.9 Å². The normalized spacial score (nSPS) is 23.6. The van der Waals surface area contributed by atoms with Gasteiger partial charge in [-0.15, -0.1) is 0 Å². The van der Waals surface area contributed by atoms with Crippen LogP contribution in [-0.4, -0.2) is 55.2 Å². The van der Waals surface area contributed by atoms with Crippen LogP contribution >= 0.6 is 0 Å². The molecule has 0 aromatic rings. The first-order chi connectivity index (χ1) is 8.72. The Balaban J connectivity index is 1.91. The van der Waals surface area contributed by atoms with Crippen LogP contribution in [-0.2, 0) is 9.53 Å². The maximum absolute atomic E-state index is 12.0. The van der Waals surface area contributed by atoms with E-state index in [2.05, 4.69) is 10.6 Å². The highest BCUT2D eigenvalue weighted by Crippen LogP contribution is 2.19. The molecule has 18 heavy (non-hydrogen) atoms. The number of carbonyl (C=O) groups excluding carboxylic acids is 2. The summed E-state index contributed by atoms with van der Waals surface area (Å²) in [6.45, 7) is 3.88. The Bertz CT molecular complexity index is 318. The lowest BCUT2D eigenvalue weighted by atomic mass is 10.2. The molecule has 102 valence electrons. The Morgan fingerprint density at radius 1 is 1.39 bits per heavy atom. The lowest BCUT2D eigenvalue weighted by molar-refractivity contribution is -0.130. The van der Waals surface area contributed by atoms with Crippen molar-refractivity contribution in [2.45, 2.75) is 38.3 Å². The van der Waals surface area contributed by atoms with Gasteiger partial charge in [0.15, 0.2) is 0 Å². The molecule has 2 aliphatic rings. The Labute approximate surface area is 107 Å². The zero-order valence-electron chi connectivity index (χ0n) is 10.8. The standard InChI is InChI=1S/C12H21N3O3/c1-2-5-13-12(17)15-6-7-18-8-10(15)11(16)14-9-3-4-9/h9-10H,2-8H2,1H3,(H,13,17)(H,14,16). The molecule has 0 radical (unpaired) electrons. The summed E-state index contributed by atoms with van der Waals surface area (Å²) in [6.07, 6.45) is 2.97.